The molecule has 0 radical (unpaired) electrons. The van der Waals surface area contributed by atoms with Crippen LogP contribution in [0.3, 0.4) is 0 Å². The van der Waals surface area contributed by atoms with Gasteiger partial charge in [-0.1, -0.05) is 30.3 Å². The van der Waals surface area contributed by atoms with E-state index < -0.39 is 0 Å². The van der Waals surface area contributed by atoms with Gasteiger partial charge in [-0.05, 0) is 11.6 Å². The van der Waals surface area contributed by atoms with E-state index in [-0.39, 0.29) is 12.1 Å². The third-order valence-electron chi connectivity index (χ3n) is 3.12. The Morgan fingerprint density at radius 1 is 1.21 bits per heavy atom. The van der Waals surface area contributed by atoms with Gasteiger partial charge in [0.1, 0.15) is 6.10 Å². The van der Waals surface area contributed by atoms with Crippen molar-refractivity contribution in [2.24, 2.45) is 0 Å². The van der Waals surface area contributed by atoms with Crippen LogP contribution in [0.2, 0.25) is 0 Å². The molecule has 4 nitrogen and oxygen atoms in total. The number of rotatable bonds is 4. The topological polar surface area (TPSA) is 46.6 Å². The van der Waals surface area contributed by atoms with E-state index in [0.717, 1.165) is 12.0 Å². The summed E-state index contributed by atoms with van der Waals surface area (Å²) in [5.41, 5.74) is 0.968. The standard InChI is InChI=1S/C15H17NO3/c17-12-16-10-8-14(9-11-16)19-15(18)7-6-13-4-2-1-3-5-13/h1-7,12,14H,8-11H2/b7-6+. The van der Waals surface area contributed by atoms with Gasteiger partial charge in [0.25, 0.3) is 0 Å². The average Bonchev–Trinajstić information content (AvgIpc) is 2.47. The lowest BCUT2D eigenvalue weighted by molar-refractivity contribution is -0.145. The van der Waals surface area contributed by atoms with Crippen molar-refractivity contribution in [3.05, 3.63) is 42.0 Å². The number of carbonyl (C=O) groups is 2. The number of likely N-dealkylation sites (tertiary alicyclic amines) is 1. The fourth-order valence-electron chi connectivity index (χ4n) is 2.03. The molecule has 0 aliphatic carbocycles. The molecule has 1 fully saturated rings. The molecule has 100 valence electrons. The number of carbonyl (C=O) groups excluding carboxylic acids is 2. The molecule has 0 atom stereocenters. The van der Waals surface area contributed by atoms with E-state index >= 15 is 0 Å². The molecule has 0 unspecified atom stereocenters. The summed E-state index contributed by atoms with van der Waals surface area (Å²) in [6, 6.07) is 9.61. The van der Waals surface area contributed by atoms with Gasteiger partial charge in [-0.15, -0.1) is 0 Å². The van der Waals surface area contributed by atoms with Gasteiger partial charge in [-0.25, -0.2) is 4.79 Å². The smallest absolute Gasteiger partial charge is 0.331 e. The minimum atomic E-state index is -0.326. The zero-order valence-electron chi connectivity index (χ0n) is 10.7. The summed E-state index contributed by atoms with van der Waals surface area (Å²) in [4.78, 5) is 23.9. The van der Waals surface area contributed by atoms with E-state index in [1.807, 2.05) is 30.3 Å². The van der Waals surface area contributed by atoms with Crippen molar-refractivity contribution in [2.45, 2.75) is 18.9 Å². The van der Waals surface area contributed by atoms with Crippen LogP contribution in [0, 0.1) is 0 Å². The highest BCUT2D eigenvalue weighted by molar-refractivity contribution is 5.87. The maximum atomic E-state index is 11.6. The number of benzene rings is 1. The van der Waals surface area contributed by atoms with E-state index in [4.69, 9.17) is 4.74 Å². The number of nitrogens with zero attached hydrogens (tertiary/aromatic N) is 1. The van der Waals surface area contributed by atoms with Crippen molar-refractivity contribution in [3.8, 4) is 0 Å². The summed E-state index contributed by atoms with van der Waals surface area (Å²) in [6.07, 6.45) is 5.37. The molecule has 1 aliphatic heterocycles. The van der Waals surface area contributed by atoms with Crippen LogP contribution in [-0.2, 0) is 14.3 Å². The van der Waals surface area contributed by atoms with Crippen LogP contribution >= 0.6 is 0 Å². The maximum absolute atomic E-state index is 11.6. The lowest BCUT2D eigenvalue weighted by atomic mass is 10.1. The second-order valence-corrected chi connectivity index (χ2v) is 4.52. The fourth-order valence-corrected chi connectivity index (χ4v) is 2.03. The second-order valence-electron chi connectivity index (χ2n) is 4.52. The zero-order chi connectivity index (χ0) is 13.5. The Morgan fingerprint density at radius 2 is 1.89 bits per heavy atom. The number of hydrogen-bond donors (Lipinski definition) is 0. The van der Waals surface area contributed by atoms with Crippen molar-refractivity contribution in [1.82, 2.24) is 4.90 Å². The van der Waals surface area contributed by atoms with Crippen molar-refractivity contribution < 1.29 is 14.3 Å². The van der Waals surface area contributed by atoms with Crippen molar-refractivity contribution in [1.29, 1.82) is 0 Å². The monoisotopic (exact) mass is 259 g/mol. The number of hydrogen-bond acceptors (Lipinski definition) is 3. The minimum Gasteiger partial charge on any atom is -0.459 e. The van der Waals surface area contributed by atoms with Crippen LogP contribution in [0.25, 0.3) is 6.08 Å². The zero-order valence-corrected chi connectivity index (χ0v) is 10.7. The Bertz CT molecular complexity index is 448. The van der Waals surface area contributed by atoms with Gasteiger partial charge < -0.3 is 9.64 Å². The van der Waals surface area contributed by atoms with Crippen LogP contribution in [-0.4, -0.2) is 36.5 Å². The first-order chi connectivity index (χ1) is 9.28. The third-order valence-corrected chi connectivity index (χ3v) is 3.12. The summed E-state index contributed by atoms with van der Waals surface area (Å²) in [7, 11) is 0. The lowest BCUT2D eigenvalue weighted by Crippen LogP contribution is -2.36. The second kappa shape index (κ2) is 6.73. The maximum Gasteiger partial charge on any atom is 0.331 e. The largest absolute Gasteiger partial charge is 0.459 e. The molecule has 1 heterocycles. The van der Waals surface area contributed by atoms with Gasteiger partial charge in [0.05, 0.1) is 0 Å². The molecule has 1 aromatic rings. The molecule has 1 aliphatic rings. The van der Waals surface area contributed by atoms with E-state index in [1.54, 1.807) is 11.0 Å². The van der Waals surface area contributed by atoms with E-state index in [2.05, 4.69) is 0 Å². The van der Waals surface area contributed by atoms with Crippen LogP contribution in [0.4, 0.5) is 0 Å². The van der Waals surface area contributed by atoms with E-state index in [9.17, 15) is 9.59 Å². The summed E-state index contributed by atoms with van der Waals surface area (Å²) in [5, 5.41) is 0. The summed E-state index contributed by atoms with van der Waals surface area (Å²) in [6.45, 7) is 1.31. The van der Waals surface area contributed by atoms with Crippen LogP contribution in [0.1, 0.15) is 18.4 Å². The Balaban J connectivity index is 1.79. The van der Waals surface area contributed by atoms with Gasteiger partial charge in [-0.2, -0.15) is 0 Å². The number of esters is 1. The van der Waals surface area contributed by atoms with Crippen molar-refractivity contribution >= 4 is 18.5 Å². The summed E-state index contributed by atoms with van der Waals surface area (Å²) in [5.74, 6) is -0.326. The Labute approximate surface area is 112 Å². The summed E-state index contributed by atoms with van der Waals surface area (Å²) >= 11 is 0. The highest BCUT2D eigenvalue weighted by Gasteiger charge is 2.20. The predicted molar refractivity (Wildman–Crippen MR) is 72.2 cm³/mol. The van der Waals surface area contributed by atoms with Crippen LogP contribution < -0.4 is 0 Å². The number of ether oxygens (including phenoxy) is 1. The third kappa shape index (κ3) is 4.25. The first kappa shape index (κ1) is 13.3. The Kier molecular flexibility index (Phi) is 4.72. The normalized spacial score (nSPS) is 16.5. The fraction of sp³-hybridized carbons (Fsp3) is 0.333. The van der Waals surface area contributed by atoms with Gasteiger partial charge >= 0.3 is 5.97 Å². The molecule has 0 aromatic heterocycles. The molecule has 19 heavy (non-hydrogen) atoms. The SMILES string of the molecule is O=CN1CCC(OC(=O)/C=C/c2ccccc2)CC1. The van der Waals surface area contributed by atoms with E-state index in [0.29, 0.717) is 25.9 Å². The minimum absolute atomic E-state index is 0.0795. The molecular weight excluding hydrogens is 242 g/mol. The quantitative estimate of drug-likeness (QED) is 0.471. The predicted octanol–water partition coefficient (Wildman–Crippen LogP) is 1.86. The van der Waals surface area contributed by atoms with Gasteiger partial charge in [0, 0.05) is 32.0 Å². The molecule has 0 bridgehead atoms. The molecule has 1 aromatic carbocycles. The molecule has 4 heteroatoms. The van der Waals surface area contributed by atoms with Crippen molar-refractivity contribution in [3.63, 3.8) is 0 Å². The molecule has 0 saturated carbocycles. The molecule has 0 N–H and O–H groups in total. The van der Waals surface area contributed by atoms with E-state index in [1.165, 1.54) is 6.08 Å². The molecule has 2 rings (SSSR count). The first-order valence-corrected chi connectivity index (χ1v) is 6.41. The highest BCUT2D eigenvalue weighted by Crippen LogP contribution is 2.13. The average molecular weight is 259 g/mol. The van der Waals surface area contributed by atoms with Crippen LogP contribution in [0.5, 0.6) is 0 Å². The highest BCUT2D eigenvalue weighted by atomic mass is 16.5. The Hall–Kier alpha value is -2.10. The first-order valence-electron chi connectivity index (χ1n) is 6.41. The van der Waals surface area contributed by atoms with Crippen LogP contribution in [0.15, 0.2) is 36.4 Å². The lowest BCUT2D eigenvalue weighted by Gasteiger charge is -2.28. The molecule has 1 amide bonds. The van der Waals surface area contributed by atoms with Crippen molar-refractivity contribution in [2.75, 3.05) is 13.1 Å². The molecular formula is C15H17NO3. The molecule has 0 spiro atoms. The van der Waals surface area contributed by atoms with Gasteiger partial charge in [0.15, 0.2) is 0 Å². The van der Waals surface area contributed by atoms with Gasteiger partial charge in [0.2, 0.25) is 6.41 Å². The summed E-state index contributed by atoms with van der Waals surface area (Å²) < 4.78 is 5.34. The number of piperidine rings is 1. The Morgan fingerprint density at radius 3 is 2.53 bits per heavy atom. The number of amides is 1. The van der Waals surface area contributed by atoms with Gasteiger partial charge in [-0.3, -0.25) is 4.79 Å². The molecule has 1 saturated heterocycles.